The molecule has 13 nitrogen and oxygen atoms in total. The van der Waals surface area contributed by atoms with E-state index in [1.54, 1.807) is 0 Å². The number of hydrogen-bond acceptors (Lipinski definition) is 8. The van der Waals surface area contributed by atoms with Gasteiger partial charge >= 0.3 is 17.7 Å². The van der Waals surface area contributed by atoms with Crippen LogP contribution in [0.1, 0.15) is 24.1 Å². The molecule has 214 valence electrons. The molecular weight excluding hydrogens is 573 g/mol. The van der Waals surface area contributed by atoms with E-state index in [0.29, 0.717) is 4.31 Å². The summed E-state index contributed by atoms with van der Waals surface area (Å²) in [7, 11) is -3.29. The van der Waals surface area contributed by atoms with E-state index in [1.165, 1.54) is 31.2 Å². The van der Waals surface area contributed by atoms with Crippen LogP contribution in [0.3, 0.4) is 0 Å². The van der Waals surface area contributed by atoms with Gasteiger partial charge in [0.1, 0.15) is 5.69 Å². The van der Waals surface area contributed by atoms with E-state index in [1.807, 2.05) is 5.48 Å². The summed E-state index contributed by atoms with van der Waals surface area (Å²) in [6, 6.07) is 7.80. The molecule has 0 aliphatic heterocycles. The average molecular weight is 597 g/mol. The van der Waals surface area contributed by atoms with Crippen LogP contribution in [0.15, 0.2) is 41.2 Å². The number of nitrogens with zero attached hydrogens (tertiary/aromatic N) is 2. The molecular formula is C21H24ClF3N6O7S. The second-order valence-electron chi connectivity index (χ2n) is 7.85. The lowest BCUT2D eigenvalue weighted by atomic mass is 10.1. The lowest BCUT2D eigenvalue weighted by Crippen LogP contribution is -2.44. The first-order valence-electron chi connectivity index (χ1n) is 10.8. The second kappa shape index (κ2) is 12.8. The molecule has 0 spiro atoms. The fraction of sp³-hybridized carbons (Fsp3) is 0.333. The van der Waals surface area contributed by atoms with Crippen LogP contribution >= 0.6 is 11.6 Å². The van der Waals surface area contributed by atoms with E-state index in [4.69, 9.17) is 27.6 Å². The summed E-state index contributed by atoms with van der Waals surface area (Å²) in [6.45, 7) is 0.900. The highest BCUT2D eigenvalue weighted by molar-refractivity contribution is 7.92. The SMILES string of the molecule is CC(C(=O)NCCONC(=N)N)c1ccc(N(C)S(=O)(=O)Cc2cccc(Cl)c2)c(=O)n1OC(=O)C(F)(F)F. The van der Waals surface area contributed by atoms with E-state index in [0.717, 1.165) is 19.2 Å². The molecule has 1 heterocycles. The topological polar surface area (TPSA) is 186 Å². The van der Waals surface area contributed by atoms with Crippen molar-refractivity contribution in [1.82, 2.24) is 15.5 Å². The Morgan fingerprint density at radius 3 is 2.51 bits per heavy atom. The molecule has 0 aliphatic rings. The lowest BCUT2D eigenvalue weighted by molar-refractivity contribution is -0.200. The zero-order chi connectivity index (χ0) is 29.5. The number of carbonyl (C=O) groups is 2. The fourth-order valence-corrected chi connectivity index (χ4v) is 4.48. The van der Waals surface area contributed by atoms with E-state index in [2.05, 4.69) is 10.2 Å². The largest absolute Gasteiger partial charge is 0.493 e. The molecule has 39 heavy (non-hydrogen) atoms. The fourth-order valence-electron chi connectivity index (χ4n) is 3.04. The minimum Gasteiger partial charge on any atom is -0.368 e. The predicted molar refractivity (Wildman–Crippen MR) is 133 cm³/mol. The monoisotopic (exact) mass is 596 g/mol. The van der Waals surface area contributed by atoms with Gasteiger partial charge in [-0.2, -0.15) is 13.2 Å². The summed E-state index contributed by atoms with van der Waals surface area (Å²) in [5, 5.41) is 9.57. The number of guanidine groups is 1. The molecule has 0 bridgehead atoms. The van der Waals surface area contributed by atoms with Gasteiger partial charge in [0.2, 0.25) is 21.9 Å². The zero-order valence-corrected chi connectivity index (χ0v) is 22.0. The van der Waals surface area contributed by atoms with Gasteiger partial charge in [0.15, 0.2) is 0 Å². The minimum atomic E-state index is -5.51. The Hall–Kier alpha value is -3.83. The highest BCUT2D eigenvalue weighted by Gasteiger charge is 2.43. The number of nitrogens with one attached hydrogen (secondary N) is 3. The standard InChI is InChI=1S/C21H24ClF3N6O7S/c1-12(17(32)28-8-9-37-29-20(26)27)15-6-7-16(18(33)31(15)38-19(34)21(23,24)25)30(2)39(35,36)11-13-4-3-5-14(22)10-13/h3-7,10,12H,8-9,11H2,1-2H3,(H,28,32)(H4,26,27,29). The van der Waals surface area contributed by atoms with Crippen LogP contribution in [0.2, 0.25) is 5.02 Å². The third-order valence-corrected chi connectivity index (χ3v) is 6.94. The maximum Gasteiger partial charge on any atom is 0.493 e. The van der Waals surface area contributed by atoms with E-state index in [-0.39, 0.29) is 28.5 Å². The number of sulfonamides is 1. The van der Waals surface area contributed by atoms with Crippen LogP contribution in [0.5, 0.6) is 0 Å². The summed E-state index contributed by atoms with van der Waals surface area (Å²) in [5.74, 6) is -6.06. The van der Waals surface area contributed by atoms with Crippen molar-refractivity contribution in [2.45, 2.75) is 24.8 Å². The Bertz CT molecular complexity index is 1400. The van der Waals surface area contributed by atoms with Crippen LogP contribution in [0.4, 0.5) is 18.9 Å². The Morgan fingerprint density at radius 1 is 1.26 bits per heavy atom. The summed E-state index contributed by atoms with van der Waals surface area (Å²) >= 11 is 5.88. The van der Waals surface area contributed by atoms with Crippen molar-refractivity contribution < 1.29 is 40.9 Å². The lowest BCUT2D eigenvalue weighted by Gasteiger charge is -2.23. The van der Waals surface area contributed by atoms with Gasteiger partial charge < -0.3 is 15.9 Å². The Kier molecular flexibility index (Phi) is 10.3. The number of pyridine rings is 1. The Labute approximate surface area is 225 Å². The van der Waals surface area contributed by atoms with Gasteiger partial charge in [-0.05, 0) is 36.8 Å². The molecule has 18 heteroatoms. The van der Waals surface area contributed by atoms with Gasteiger partial charge in [0.05, 0.1) is 24.0 Å². The highest BCUT2D eigenvalue weighted by atomic mass is 35.5. The normalized spacial score (nSPS) is 12.4. The quantitative estimate of drug-likeness (QED) is 0.125. The molecule has 1 unspecified atom stereocenters. The molecule has 0 saturated carbocycles. The number of anilines is 1. The predicted octanol–water partition coefficient (Wildman–Crippen LogP) is 0.620. The number of aromatic nitrogens is 1. The number of nitrogens with two attached hydrogens (primary N) is 1. The number of carbonyl (C=O) groups excluding carboxylic acids is 2. The maximum absolute atomic E-state index is 13.1. The third kappa shape index (κ3) is 8.59. The van der Waals surface area contributed by atoms with Crippen molar-refractivity contribution in [3.63, 3.8) is 0 Å². The second-order valence-corrected chi connectivity index (χ2v) is 10.3. The molecule has 0 aliphatic carbocycles. The molecule has 0 fully saturated rings. The van der Waals surface area contributed by atoms with Crippen molar-refractivity contribution in [3.8, 4) is 0 Å². The van der Waals surface area contributed by atoms with Crippen LogP contribution in [-0.2, 0) is 30.2 Å². The van der Waals surface area contributed by atoms with Gasteiger partial charge in [-0.15, -0.1) is 4.73 Å². The summed E-state index contributed by atoms with van der Waals surface area (Å²) in [6.07, 6.45) is -5.51. The molecule has 1 aromatic carbocycles. The van der Waals surface area contributed by atoms with Gasteiger partial charge in [0.25, 0.3) is 0 Å². The maximum atomic E-state index is 13.1. The molecule has 2 aromatic rings. The molecule has 1 atom stereocenters. The molecule has 0 radical (unpaired) electrons. The smallest absolute Gasteiger partial charge is 0.368 e. The molecule has 0 saturated heterocycles. The number of halogens is 4. The van der Waals surface area contributed by atoms with Gasteiger partial charge in [-0.1, -0.05) is 23.7 Å². The van der Waals surface area contributed by atoms with Gasteiger partial charge in [-0.25, -0.2) is 18.7 Å². The average Bonchev–Trinajstić information content (AvgIpc) is 2.82. The van der Waals surface area contributed by atoms with E-state index >= 15 is 0 Å². The van der Waals surface area contributed by atoms with Crippen LogP contribution in [0, 0.1) is 5.41 Å². The number of hydroxylamine groups is 1. The highest BCUT2D eigenvalue weighted by Crippen LogP contribution is 2.22. The van der Waals surface area contributed by atoms with Crippen molar-refractivity contribution in [3.05, 3.63) is 63.0 Å². The van der Waals surface area contributed by atoms with E-state index in [9.17, 15) is 36.0 Å². The van der Waals surface area contributed by atoms with Gasteiger partial charge in [0, 0.05) is 18.6 Å². The Balaban J connectivity index is 2.41. The van der Waals surface area contributed by atoms with Crippen molar-refractivity contribution >= 4 is 45.1 Å². The number of alkyl halides is 3. The molecule has 1 aromatic heterocycles. The number of hydrogen-bond donors (Lipinski definition) is 4. The summed E-state index contributed by atoms with van der Waals surface area (Å²) in [4.78, 5) is 46.3. The van der Waals surface area contributed by atoms with Crippen LogP contribution in [-0.4, -0.2) is 57.4 Å². The molecule has 1 amide bonds. The number of amides is 1. The number of rotatable bonds is 11. The van der Waals surface area contributed by atoms with Crippen molar-refractivity contribution in [1.29, 1.82) is 5.41 Å². The minimum absolute atomic E-state index is 0.0748. The summed E-state index contributed by atoms with van der Waals surface area (Å²) in [5.41, 5.74) is 4.72. The Morgan fingerprint density at radius 2 is 1.92 bits per heavy atom. The van der Waals surface area contributed by atoms with Gasteiger partial charge in [-0.3, -0.25) is 24.1 Å². The van der Waals surface area contributed by atoms with Crippen molar-refractivity contribution in [2.75, 3.05) is 24.5 Å². The van der Waals surface area contributed by atoms with E-state index < -0.39 is 62.6 Å². The summed E-state index contributed by atoms with van der Waals surface area (Å²) < 4.78 is 65.2. The first-order valence-corrected chi connectivity index (χ1v) is 12.8. The third-order valence-electron chi connectivity index (χ3n) is 4.97. The van der Waals surface area contributed by atoms with Crippen molar-refractivity contribution in [2.24, 2.45) is 5.73 Å². The van der Waals surface area contributed by atoms with Crippen LogP contribution in [0.25, 0.3) is 0 Å². The first-order chi connectivity index (χ1) is 18.0. The number of benzene rings is 1. The first kappa shape index (κ1) is 31.4. The van der Waals surface area contributed by atoms with Crippen LogP contribution < -0.4 is 31.2 Å². The molecule has 2 rings (SSSR count). The molecule has 5 N–H and O–H groups in total. The zero-order valence-electron chi connectivity index (χ0n) is 20.4.